The van der Waals surface area contributed by atoms with Crippen LogP contribution in [0.1, 0.15) is 12.7 Å². The zero-order valence-corrected chi connectivity index (χ0v) is 9.88. The van der Waals surface area contributed by atoms with E-state index in [1.54, 1.807) is 13.2 Å². The normalized spacial score (nSPS) is 12.6. The summed E-state index contributed by atoms with van der Waals surface area (Å²) < 4.78 is 10.3. The van der Waals surface area contributed by atoms with Crippen LogP contribution in [0.25, 0.3) is 11.5 Å². The molecular formula is C12H15N3O2. The first-order valence-electron chi connectivity index (χ1n) is 5.41. The van der Waals surface area contributed by atoms with Gasteiger partial charge in [0.05, 0.1) is 11.7 Å². The van der Waals surface area contributed by atoms with Gasteiger partial charge in [-0.1, -0.05) is 17.3 Å². The van der Waals surface area contributed by atoms with Gasteiger partial charge in [0.2, 0.25) is 0 Å². The Hall–Kier alpha value is -1.88. The molecule has 0 fully saturated rings. The number of rotatable bonds is 4. The predicted octanol–water partition coefficient (Wildman–Crippen LogP) is 1.90. The Labute approximate surface area is 99.6 Å². The van der Waals surface area contributed by atoms with Gasteiger partial charge in [-0.05, 0) is 19.1 Å². The lowest BCUT2D eigenvalue weighted by molar-refractivity contribution is 0.116. The minimum absolute atomic E-state index is 0.0635. The van der Waals surface area contributed by atoms with Gasteiger partial charge in [0.25, 0.3) is 5.89 Å². The van der Waals surface area contributed by atoms with Gasteiger partial charge in [-0.25, -0.2) is 0 Å². The van der Waals surface area contributed by atoms with Gasteiger partial charge in [0, 0.05) is 19.2 Å². The molecule has 0 aliphatic rings. The van der Waals surface area contributed by atoms with Crippen molar-refractivity contribution in [2.75, 3.05) is 12.8 Å². The highest BCUT2D eigenvalue weighted by molar-refractivity contribution is 5.69. The predicted molar refractivity (Wildman–Crippen MR) is 64.3 cm³/mol. The van der Waals surface area contributed by atoms with Crippen molar-refractivity contribution in [3.05, 3.63) is 30.1 Å². The quantitative estimate of drug-likeness (QED) is 0.816. The largest absolute Gasteiger partial charge is 0.398 e. The maximum Gasteiger partial charge on any atom is 0.260 e. The molecule has 0 saturated heterocycles. The molecule has 0 aliphatic carbocycles. The van der Waals surface area contributed by atoms with E-state index in [4.69, 9.17) is 15.0 Å². The maximum atomic E-state index is 5.84. The average Bonchev–Trinajstić information content (AvgIpc) is 2.78. The third kappa shape index (κ3) is 2.62. The van der Waals surface area contributed by atoms with E-state index in [2.05, 4.69) is 10.1 Å². The molecule has 2 rings (SSSR count). The molecule has 2 aromatic rings. The summed E-state index contributed by atoms with van der Waals surface area (Å²) >= 11 is 0. The summed E-state index contributed by atoms with van der Waals surface area (Å²) in [4.78, 5) is 4.29. The molecule has 0 bridgehead atoms. The molecule has 1 heterocycles. The standard InChI is InChI=1S/C12H15N3O2/c1-8(16-2)7-11-14-12(17-15-11)9-5-3-4-6-10(9)13/h3-6,8H,7,13H2,1-2H3. The second-order valence-corrected chi connectivity index (χ2v) is 3.85. The number of methoxy groups -OCH3 is 1. The van der Waals surface area contributed by atoms with E-state index in [0.717, 1.165) is 5.56 Å². The van der Waals surface area contributed by atoms with E-state index in [1.807, 2.05) is 25.1 Å². The summed E-state index contributed by atoms with van der Waals surface area (Å²) in [5, 5.41) is 3.90. The lowest BCUT2D eigenvalue weighted by Crippen LogP contribution is -2.09. The summed E-state index contributed by atoms with van der Waals surface area (Å²) in [6, 6.07) is 7.40. The molecule has 0 amide bonds. The Kier molecular flexibility index (Phi) is 3.39. The minimum Gasteiger partial charge on any atom is -0.398 e. The van der Waals surface area contributed by atoms with Crippen LogP contribution >= 0.6 is 0 Å². The number of hydrogen-bond donors (Lipinski definition) is 1. The zero-order chi connectivity index (χ0) is 12.3. The fourth-order valence-corrected chi connectivity index (χ4v) is 1.48. The van der Waals surface area contributed by atoms with Crippen LogP contribution in [-0.2, 0) is 11.2 Å². The molecule has 2 N–H and O–H groups in total. The fourth-order valence-electron chi connectivity index (χ4n) is 1.48. The first-order chi connectivity index (χ1) is 8.20. The van der Waals surface area contributed by atoms with E-state index in [9.17, 15) is 0 Å². The summed E-state index contributed by atoms with van der Waals surface area (Å²) in [7, 11) is 1.65. The van der Waals surface area contributed by atoms with Crippen LogP contribution in [0.5, 0.6) is 0 Å². The summed E-state index contributed by atoms with van der Waals surface area (Å²) in [6.07, 6.45) is 0.681. The molecule has 90 valence electrons. The smallest absolute Gasteiger partial charge is 0.260 e. The number of hydrogen-bond acceptors (Lipinski definition) is 5. The Balaban J connectivity index is 2.21. The Bertz CT molecular complexity index is 496. The fraction of sp³-hybridized carbons (Fsp3) is 0.333. The number of ether oxygens (including phenoxy) is 1. The monoisotopic (exact) mass is 233 g/mol. The maximum absolute atomic E-state index is 5.84. The molecule has 1 aromatic heterocycles. The topological polar surface area (TPSA) is 74.2 Å². The lowest BCUT2D eigenvalue weighted by atomic mass is 10.2. The Morgan fingerprint density at radius 3 is 2.88 bits per heavy atom. The molecule has 1 atom stereocenters. The van der Waals surface area contributed by atoms with Gasteiger partial charge in [0.1, 0.15) is 0 Å². The van der Waals surface area contributed by atoms with Crippen molar-refractivity contribution in [1.29, 1.82) is 0 Å². The van der Waals surface area contributed by atoms with Gasteiger partial charge in [-0.2, -0.15) is 4.98 Å². The van der Waals surface area contributed by atoms with E-state index in [-0.39, 0.29) is 6.10 Å². The van der Waals surface area contributed by atoms with Crippen molar-refractivity contribution < 1.29 is 9.26 Å². The number of nitrogen functional groups attached to an aromatic ring is 1. The van der Waals surface area contributed by atoms with Crippen molar-refractivity contribution in [1.82, 2.24) is 10.1 Å². The second kappa shape index (κ2) is 4.97. The first-order valence-corrected chi connectivity index (χ1v) is 5.41. The highest BCUT2D eigenvalue weighted by atomic mass is 16.5. The van der Waals surface area contributed by atoms with E-state index < -0.39 is 0 Å². The molecule has 0 radical (unpaired) electrons. The van der Waals surface area contributed by atoms with Crippen molar-refractivity contribution >= 4 is 5.69 Å². The van der Waals surface area contributed by atoms with Gasteiger partial charge < -0.3 is 15.0 Å². The van der Waals surface area contributed by atoms with Crippen LogP contribution in [0, 0.1) is 0 Å². The van der Waals surface area contributed by atoms with Crippen LogP contribution in [-0.4, -0.2) is 23.4 Å². The van der Waals surface area contributed by atoms with E-state index >= 15 is 0 Å². The highest BCUT2D eigenvalue weighted by Crippen LogP contribution is 2.23. The molecular weight excluding hydrogens is 218 g/mol. The highest BCUT2D eigenvalue weighted by Gasteiger charge is 2.13. The van der Waals surface area contributed by atoms with Crippen molar-refractivity contribution in [3.8, 4) is 11.5 Å². The average molecular weight is 233 g/mol. The third-order valence-corrected chi connectivity index (χ3v) is 2.53. The number of nitrogens with two attached hydrogens (primary N) is 1. The third-order valence-electron chi connectivity index (χ3n) is 2.53. The SMILES string of the molecule is COC(C)Cc1noc(-c2ccccc2N)n1. The minimum atomic E-state index is 0.0635. The second-order valence-electron chi connectivity index (χ2n) is 3.85. The van der Waals surface area contributed by atoms with Gasteiger partial charge in [-0.3, -0.25) is 0 Å². The molecule has 5 nitrogen and oxygen atoms in total. The summed E-state index contributed by atoms with van der Waals surface area (Å²) in [6.45, 7) is 1.95. The van der Waals surface area contributed by atoms with Crippen LogP contribution in [0.3, 0.4) is 0 Å². The molecule has 0 saturated carbocycles. The van der Waals surface area contributed by atoms with Crippen LogP contribution in [0.4, 0.5) is 5.69 Å². The summed E-state index contributed by atoms with van der Waals surface area (Å²) in [5.74, 6) is 1.07. The van der Waals surface area contributed by atoms with Crippen molar-refractivity contribution in [3.63, 3.8) is 0 Å². The number of anilines is 1. The molecule has 0 spiro atoms. The molecule has 0 aliphatic heterocycles. The first kappa shape index (κ1) is 11.6. The summed E-state index contributed by atoms with van der Waals surface area (Å²) in [5.41, 5.74) is 7.22. The van der Waals surface area contributed by atoms with Crippen LogP contribution in [0.2, 0.25) is 0 Å². The number of nitrogens with zero attached hydrogens (tertiary/aromatic N) is 2. The van der Waals surface area contributed by atoms with Gasteiger partial charge in [-0.15, -0.1) is 0 Å². The van der Waals surface area contributed by atoms with Crippen LogP contribution in [0.15, 0.2) is 28.8 Å². The van der Waals surface area contributed by atoms with Crippen LogP contribution < -0.4 is 5.73 Å². The van der Waals surface area contributed by atoms with Gasteiger partial charge >= 0.3 is 0 Å². The number of benzene rings is 1. The molecule has 5 heteroatoms. The van der Waals surface area contributed by atoms with E-state index in [1.165, 1.54) is 0 Å². The lowest BCUT2D eigenvalue weighted by Gasteiger charge is -2.04. The number of aromatic nitrogens is 2. The molecule has 17 heavy (non-hydrogen) atoms. The molecule has 1 aromatic carbocycles. The molecule has 1 unspecified atom stereocenters. The Morgan fingerprint density at radius 2 is 2.18 bits per heavy atom. The van der Waals surface area contributed by atoms with Gasteiger partial charge in [0.15, 0.2) is 5.82 Å². The Morgan fingerprint density at radius 1 is 1.41 bits per heavy atom. The van der Waals surface area contributed by atoms with Crippen molar-refractivity contribution in [2.24, 2.45) is 0 Å². The van der Waals surface area contributed by atoms with E-state index in [0.29, 0.717) is 23.8 Å². The number of para-hydroxylation sites is 1. The zero-order valence-electron chi connectivity index (χ0n) is 9.88. The van der Waals surface area contributed by atoms with Crippen molar-refractivity contribution in [2.45, 2.75) is 19.4 Å².